The molecule has 0 spiro atoms. The molecule has 4 nitrogen and oxygen atoms in total. The van der Waals surface area contributed by atoms with E-state index in [1.165, 1.54) is 4.68 Å². The van der Waals surface area contributed by atoms with Crippen molar-refractivity contribution in [3.8, 4) is 5.69 Å². The summed E-state index contributed by atoms with van der Waals surface area (Å²) < 4.78 is 2.33. The van der Waals surface area contributed by atoms with Crippen molar-refractivity contribution >= 4 is 15.9 Å². The first-order chi connectivity index (χ1) is 9.02. The van der Waals surface area contributed by atoms with Gasteiger partial charge in [0.05, 0.1) is 11.4 Å². The van der Waals surface area contributed by atoms with E-state index in [9.17, 15) is 4.79 Å². The standard InChI is InChI=1S/C14H16BrN3O/c1-9(2)14-10(8-16)6-13(19)18(17-14)12-5-3-4-11(15)7-12/h3-7,9H,8,16H2,1-2H3. The molecule has 0 unspecified atom stereocenters. The van der Waals surface area contributed by atoms with Crippen LogP contribution in [0.2, 0.25) is 0 Å². The lowest BCUT2D eigenvalue weighted by Crippen LogP contribution is -2.24. The minimum atomic E-state index is -0.164. The van der Waals surface area contributed by atoms with Gasteiger partial charge in [0.2, 0.25) is 0 Å². The largest absolute Gasteiger partial charge is 0.326 e. The van der Waals surface area contributed by atoms with Gasteiger partial charge in [-0.3, -0.25) is 4.79 Å². The molecule has 1 aromatic heterocycles. The van der Waals surface area contributed by atoms with E-state index in [1.807, 2.05) is 38.1 Å². The number of nitrogens with two attached hydrogens (primary N) is 1. The van der Waals surface area contributed by atoms with Crippen LogP contribution in [0.3, 0.4) is 0 Å². The van der Waals surface area contributed by atoms with Crippen molar-refractivity contribution in [1.82, 2.24) is 9.78 Å². The normalized spacial score (nSPS) is 11.0. The first-order valence-electron chi connectivity index (χ1n) is 6.12. The number of hydrogen-bond donors (Lipinski definition) is 1. The van der Waals surface area contributed by atoms with Crippen molar-refractivity contribution < 1.29 is 0 Å². The summed E-state index contributed by atoms with van der Waals surface area (Å²) in [6.45, 7) is 4.41. The monoisotopic (exact) mass is 321 g/mol. The van der Waals surface area contributed by atoms with Gasteiger partial charge in [-0.25, -0.2) is 0 Å². The predicted octanol–water partition coefficient (Wildman–Crippen LogP) is 2.58. The highest BCUT2D eigenvalue weighted by molar-refractivity contribution is 9.10. The molecule has 0 saturated heterocycles. The molecule has 19 heavy (non-hydrogen) atoms. The third-order valence-corrected chi connectivity index (χ3v) is 3.36. The van der Waals surface area contributed by atoms with Crippen LogP contribution >= 0.6 is 15.9 Å². The molecule has 2 aromatic rings. The Bertz CT molecular complexity index is 649. The van der Waals surface area contributed by atoms with Crippen molar-refractivity contribution in [2.45, 2.75) is 26.3 Å². The Hall–Kier alpha value is -1.46. The zero-order valence-electron chi connectivity index (χ0n) is 10.9. The van der Waals surface area contributed by atoms with Crippen LogP contribution in [0.1, 0.15) is 31.0 Å². The predicted molar refractivity (Wildman–Crippen MR) is 79.5 cm³/mol. The van der Waals surface area contributed by atoms with Crippen LogP contribution in [0.5, 0.6) is 0 Å². The highest BCUT2D eigenvalue weighted by Crippen LogP contribution is 2.17. The van der Waals surface area contributed by atoms with Crippen LogP contribution in [-0.4, -0.2) is 9.78 Å². The van der Waals surface area contributed by atoms with Gasteiger partial charge in [0.1, 0.15) is 0 Å². The van der Waals surface area contributed by atoms with E-state index in [2.05, 4.69) is 21.0 Å². The van der Waals surface area contributed by atoms with Crippen LogP contribution in [0.15, 0.2) is 39.6 Å². The van der Waals surface area contributed by atoms with Gasteiger partial charge in [0.25, 0.3) is 5.56 Å². The van der Waals surface area contributed by atoms with Crippen molar-refractivity contribution in [2.75, 3.05) is 0 Å². The number of benzene rings is 1. The second-order valence-electron chi connectivity index (χ2n) is 4.64. The first kappa shape index (κ1) is 14.0. The number of nitrogens with zero attached hydrogens (tertiary/aromatic N) is 2. The number of halogens is 1. The van der Waals surface area contributed by atoms with Gasteiger partial charge in [-0.15, -0.1) is 0 Å². The first-order valence-corrected chi connectivity index (χ1v) is 6.91. The lowest BCUT2D eigenvalue weighted by Gasteiger charge is -2.13. The summed E-state index contributed by atoms with van der Waals surface area (Å²) in [5.74, 6) is 0.220. The third kappa shape index (κ3) is 2.93. The summed E-state index contributed by atoms with van der Waals surface area (Å²) in [5.41, 5.74) is 7.93. The van der Waals surface area contributed by atoms with Gasteiger partial charge in [0, 0.05) is 17.1 Å². The Labute approximate surface area is 120 Å². The number of rotatable bonds is 3. The molecule has 5 heteroatoms. The Balaban J connectivity index is 2.64. The molecule has 1 heterocycles. The van der Waals surface area contributed by atoms with E-state index < -0.39 is 0 Å². The molecule has 2 N–H and O–H groups in total. The third-order valence-electron chi connectivity index (χ3n) is 2.86. The summed E-state index contributed by atoms with van der Waals surface area (Å²) in [4.78, 5) is 12.1. The maximum absolute atomic E-state index is 12.1. The molecule has 0 saturated carbocycles. The molecule has 2 rings (SSSR count). The van der Waals surface area contributed by atoms with Crippen molar-refractivity contribution in [3.63, 3.8) is 0 Å². The van der Waals surface area contributed by atoms with Crippen LogP contribution in [0, 0.1) is 0 Å². The smallest absolute Gasteiger partial charge is 0.271 e. The average molecular weight is 322 g/mol. The molecule has 0 fully saturated rings. The highest BCUT2D eigenvalue weighted by atomic mass is 79.9. The van der Waals surface area contributed by atoms with E-state index in [4.69, 9.17) is 5.73 Å². The molecule has 0 atom stereocenters. The zero-order valence-corrected chi connectivity index (χ0v) is 12.5. The summed E-state index contributed by atoms with van der Waals surface area (Å²) in [7, 11) is 0. The van der Waals surface area contributed by atoms with Crippen molar-refractivity contribution in [3.05, 3.63) is 56.4 Å². The fraction of sp³-hybridized carbons (Fsp3) is 0.286. The van der Waals surface area contributed by atoms with Gasteiger partial charge < -0.3 is 5.73 Å². The van der Waals surface area contributed by atoms with Crippen LogP contribution in [0.25, 0.3) is 5.69 Å². The van der Waals surface area contributed by atoms with E-state index in [0.29, 0.717) is 6.54 Å². The van der Waals surface area contributed by atoms with E-state index in [1.54, 1.807) is 6.07 Å². The Morgan fingerprint density at radius 1 is 1.37 bits per heavy atom. The lowest BCUT2D eigenvalue weighted by molar-refractivity contribution is 0.694. The molecule has 0 aliphatic rings. The van der Waals surface area contributed by atoms with Gasteiger partial charge in [-0.1, -0.05) is 35.8 Å². The molecule has 1 aromatic carbocycles. The van der Waals surface area contributed by atoms with Crippen LogP contribution < -0.4 is 11.3 Å². The SMILES string of the molecule is CC(C)c1nn(-c2cccc(Br)c2)c(=O)cc1CN. The van der Waals surface area contributed by atoms with Crippen LogP contribution in [-0.2, 0) is 6.54 Å². The Morgan fingerprint density at radius 2 is 2.11 bits per heavy atom. The molecule has 100 valence electrons. The molecule has 0 bridgehead atoms. The second-order valence-corrected chi connectivity index (χ2v) is 5.56. The Kier molecular flexibility index (Phi) is 4.17. The second kappa shape index (κ2) is 5.67. The molecular formula is C14H16BrN3O. The quantitative estimate of drug-likeness (QED) is 0.945. The summed E-state index contributed by atoms with van der Waals surface area (Å²) in [5, 5.41) is 4.46. The lowest BCUT2D eigenvalue weighted by atomic mass is 10.0. The van der Waals surface area contributed by atoms with Gasteiger partial charge in [-0.2, -0.15) is 9.78 Å². The minimum absolute atomic E-state index is 0.164. The summed E-state index contributed by atoms with van der Waals surface area (Å²) in [6, 6.07) is 9.07. The van der Waals surface area contributed by atoms with Gasteiger partial charge in [0.15, 0.2) is 0 Å². The van der Waals surface area contributed by atoms with Crippen LogP contribution in [0.4, 0.5) is 0 Å². The van der Waals surface area contributed by atoms with Crippen molar-refractivity contribution in [2.24, 2.45) is 5.73 Å². The van der Waals surface area contributed by atoms with Gasteiger partial charge in [-0.05, 0) is 29.7 Å². The van der Waals surface area contributed by atoms with Crippen molar-refractivity contribution in [1.29, 1.82) is 0 Å². The molecular weight excluding hydrogens is 306 g/mol. The molecule has 0 aliphatic heterocycles. The molecule has 0 radical (unpaired) electrons. The molecule has 0 amide bonds. The Morgan fingerprint density at radius 3 is 2.68 bits per heavy atom. The fourth-order valence-corrected chi connectivity index (χ4v) is 2.34. The zero-order chi connectivity index (χ0) is 14.0. The topological polar surface area (TPSA) is 60.9 Å². The average Bonchev–Trinajstić information content (AvgIpc) is 2.37. The van der Waals surface area contributed by atoms with Gasteiger partial charge >= 0.3 is 0 Å². The van der Waals surface area contributed by atoms with E-state index >= 15 is 0 Å². The molecule has 0 aliphatic carbocycles. The number of aromatic nitrogens is 2. The maximum atomic E-state index is 12.1. The minimum Gasteiger partial charge on any atom is -0.326 e. The summed E-state index contributed by atoms with van der Waals surface area (Å²) in [6.07, 6.45) is 0. The highest BCUT2D eigenvalue weighted by Gasteiger charge is 2.12. The summed E-state index contributed by atoms with van der Waals surface area (Å²) >= 11 is 3.40. The maximum Gasteiger partial charge on any atom is 0.271 e. The van der Waals surface area contributed by atoms with E-state index in [-0.39, 0.29) is 11.5 Å². The fourth-order valence-electron chi connectivity index (χ4n) is 1.95. The number of hydrogen-bond acceptors (Lipinski definition) is 3. The van der Waals surface area contributed by atoms with E-state index in [0.717, 1.165) is 21.4 Å².